The van der Waals surface area contributed by atoms with Crippen LogP contribution in [0.15, 0.2) is 58.8 Å². The molecule has 186 valence electrons. The third kappa shape index (κ3) is 5.36. The maximum Gasteiger partial charge on any atom is 0.250 e. The molecule has 1 aliphatic heterocycles. The molecular formula is C25H25N5O4S2. The summed E-state index contributed by atoms with van der Waals surface area (Å²) in [4.78, 5) is 34.4. The van der Waals surface area contributed by atoms with Crippen LogP contribution in [0.5, 0.6) is 11.5 Å². The van der Waals surface area contributed by atoms with Crippen molar-refractivity contribution in [2.75, 3.05) is 25.7 Å². The lowest BCUT2D eigenvalue weighted by molar-refractivity contribution is -0.124. The van der Waals surface area contributed by atoms with Crippen LogP contribution in [-0.4, -0.2) is 63.6 Å². The highest BCUT2D eigenvalue weighted by Gasteiger charge is 2.40. The van der Waals surface area contributed by atoms with E-state index in [1.807, 2.05) is 48.5 Å². The number of amidine groups is 1. The lowest BCUT2D eigenvalue weighted by Gasteiger charge is -2.14. The number of H-pyrrole nitrogens is 1. The fourth-order valence-electron chi connectivity index (χ4n) is 3.77. The van der Waals surface area contributed by atoms with Crippen LogP contribution in [0.3, 0.4) is 0 Å². The van der Waals surface area contributed by atoms with Gasteiger partial charge in [-0.25, -0.2) is 10.4 Å². The highest BCUT2D eigenvalue weighted by atomic mass is 32.2. The van der Waals surface area contributed by atoms with Crippen LogP contribution in [0, 0.1) is 0 Å². The minimum absolute atomic E-state index is 0.0533. The average molecular weight is 524 g/mol. The van der Waals surface area contributed by atoms with Crippen LogP contribution in [0.2, 0.25) is 0 Å². The number of hydrogen-bond acceptors (Lipinski definition) is 8. The molecule has 0 spiro atoms. The van der Waals surface area contributed by atoms with Crippen molar-refractivity contribution in [3.8, 4) is 34.0 Å². The summed E-state index contributed by atoms with van der Waals surface area (Å²) >= 11 is 2.64. The van der Waals surface area contributed by atoms with E-state index in [4.69, 9.17) is 14.5 Å². The second kappa shape index (κ2) is 10.7. The molecule has 0 unspecified atom stereocenters. The number of benzene rings is 2. The van der Waals surface area contributed by atoms with Gasteiger partial charge in [0.25, 0.3) is 5.91 Å². The number of hydrogen-bond donors (Lipinski definition) is 2. The fraction of sp³-hybridized carbons (Fsp3) is 0.280. The van der Waals surface area contributed by atoms with E-state index >= 15 is 0 Å². The SMILES string of the molecule is COc1ccc(-c2nc(SCC(=O)N/N=C3/SCC(=O)N3C3CC3)[nH]c2-c2ccc(OC)cc2)cc1. The van der Waals surface area contributed by atoms with Crippen molar-refractivity contribution in [1.29, 1.82) is 0 Å². The van der Waals surface area contributed by atoms with Crippen molar-refractivity contribution in [1.82, 2.24) is 20.3 Å². The summed E-state index contributed by atoms with van der Waals surface area (Å²) in [7, 11) is 3.26. The highest BCUT2D eigenvalue weighted by molar-refractivity contribution is 8.15. The van der Waals surface area contributed by atoms with Gasteiger partial charge in [-0.3, -0.25) is 14.5 Å². The van der Waals surface area contributed by atoms with Crippen molar-refractivity contribution in [2.45, 2.75) is 24.0 Å². The monoisotopic (exact) mass is 523 g/mol. The summed E-state index contributed by atoms with van der Waals surface area (Å²) in [6, 6.07) is 15.6. The van der Waals surface area contributed by atoms with Gasteiger partial charge < -0.3 is 14.5 Å². The predicted molar refractivity (Wildman–Crippen MR) is 141 cm³/mol. The number of thioether (sulfide) groups is 2. The van der Waals surface area contributed by atoms with Gasteiger partial charge in [-0.2, -0.15) is 0 Å². The van der Waals surface area contributed by atoms with Crippen molar-refractivity contribution < 1.29 is 19.1 Å². The van der Waals surface area contributed by atoms with E-state index in [2.05, 4.69) is 15.5 Å². The zero-order valence-corrected chi connectivity index (χ0v) is 21.4. The predicted octanol–water partition coefficient (Wildman–Crippen LogP) is 3.98. The number of imidazole rings is 1. The summed E-state index contributed by atoms with van der Waals surface area (Å²) < 4.78 is 10.6. The van der Waals surface area contributed by atoms with Crippen molar-refractivity contribution in [3.63, 3.8) is 0 Å². The van der Waals surface area contributed by atoms with Crippen LogP contribution >= 0.6 is 23.5 Å². The molecule has 1 saturated carbocycles. The molecule has 2 aliphatic rings. The first-order valence-corrected chi connectivity index (χ1v) is 13.4. The fourth-order valence-corrected chi connectivity index (χ4v) is 5.33. The lowest BCUT2D eigenvalue weighted by Crippen LogP contribution is -2.33. The Morgan fingerprint density at radius 3 is 2.36 bits per heavy atom. The molecule has 2 fully saturated rings. The second-order valence-corrected chi connectivity index (χ2v) is 10.1. The van der Waals surface area contributed by atoms with E-state index in [-0.39, 0.29) is 23.6 Å². The Morgan fingerprint density at radius 1 is 1.11 bits per heavy atom. The number of carbonyl (C=O) groups excluding carboxylic acids is 2. The molecule has 2 aromatic carbocycles. The van der Waals surface area contributed by atoms with E-state index in [1.165, 1.54) is 23.5 Å². The molecule has 1 aromatic heterocycles. The van der Waals surface area contributed by atoms with Crippen molar-refractivity contribution in [3.05, 3.63) is 48.5 Å². The molecule has 0 radical (unpaired) electrons. The van der Waals surface area contributed by atoms with Gasteiger partial charge in [-0.1, -0.05) is 23.5 Å². The van der Waals surface area contributed by atoms with Crippen LogP contribution in [0.4, 0.5) is 0 Å². The van der Waals surface area contributed by atoms with E-state index in [0.717, 1.165) is 46.9 Å². The molecule has 9 nitrogen and oxygen atoms in total. The van der Waals surface area contributed by atoms with Crippen molar-refractivity contribution in [2.24, 2.45) is 5.10 Å². The zero-order chi connectivity index (χ0) is 25.1. The Kier molecular flexibility index (Phi) is 7.19. The van der Waals surface area contributed by atoms with E-state index in [1.54, 1.807) is 19.1 Å². The number of aromatic nitrogens is 2. The maximum absolute atomic E-state index is 12.5. The van der Waals surface area contributed by atoms with Gasteiger partial charge >= 0.3 is 0 Å². The molecule has 5 rings (SSSR count). The largest absolute Gasteiger partial charge is 0.497 e. The second-order valence-electron chi connectivity index (χ2n) is 8.22. The van der Waals surface area contributed by atoms with Crippen LogP contribution < -0.4 is 14.9 Å². The molecule has 0 atom stereocenters. The van der Waals surface area contributed by atoms with E-state index in [0.29, 0.717) is 16.1 Å². The molecule has 36 heavy (non-hydrogen) atoms. The Hall–Kier alpha value is -3.44. The molecule has 2 amide bonds. The highest BCUT2D eigenvalue weighted by Crippen LogP contribution is 2.35. The standard InChI is InChI=1S/C25H25N5O4S2/c1-33-18-9-3-15(4-10-18)22-23(16-5-11-19(34-2)12-6-16)27-24(26-22)35-13-20(31)28-29-25-30(17-7-8-17)21(32)14-36-25/h3-6,9-12,17H,7-8,13-14H2,1-2H3,(H,26,27)(H,28,31)/b29-25+. The number of aromatic amines is 1. The van der Waals surface area contributed by atoms with Gasteiger partial charge in [0, 0.05) is 17.2 Å². The molecule has 2 heterocycles. The third-order valence-electron chi connectivity index (χ3n) is 5.75. The van der Waals surface area contributed by atoms with E-state index in [9.17, 15) is 9.59 Å². The molecule has 2 N–H and O–H groups in total. The normalized spacial score (nSPS) is 16.4. The zero-order valence-electron chi connectivity index (χ0n) is 19.8. The van der Waals surface area contributed by atoms with Gasteiger partial charge in [0.05, 0.1) is 37.1 Å². The first kappa shape index (κ1) is 24.3. The minimum Gasteiger partial charge on any atom is -0.497 e. The molecule has 3 aromatic rings. The van der Waals surface area contributed by atoms with Gasteiger partial charge in [0.2, 0.25) is 5.91 Å². The van der Waals surface area contributed by atoms with Crippen LogP contribution in [0.25, 0.3) is 22.5 Å². The number of nitrogens with zero attached hydrogens (tertiary/aromatic N) is 3. The smallest absolute Gasteiger partial charge is 0.250 e. The Bertz CT molecular complexity index is 1220. The van der Waals surface area contributed by atoms with Gasteiger partial charge in [-0.05, 0) is 61.4 Å². The van der Waals surface area contributed by atoms with Crippen LogP contribution in [-0.2, 0) is 9.59 Å². The number of hydrazone groups is 1. The Morgan fingerprint density at radius 2 is 1.75 bits per heavy atom. The first-order valence-electron chi connectivity index (χ1n) is 11.4. The number of methoxy groups -OCH3 is 2. The third-order valence-corrected chi connectivity index (χ3v) is 7.56. The number of ether oxygens (including phenoxy) is 2. The summed E-state index contributed by atoms with van der Waals surface area (Å²) in [6.07, 6.45) is 1.97. The number of rotatable bonds is 9. The quantitative estimate of drug-likeness (QED) is 0.323. The Balaban J connectivity index is 1.31. The summed E-state index contributed by atoms with van der Waals surface area (Å²) in [5, 5.41) is 5.38. The molecule has 1 aliphatic carbocycles. The summed E-state index contributed by atoms with van der Waals surface area (Å²) in [5.41, 5.74) is 6.06. The van der Waals surface area contributed by atoms with E-state index < -0.39 is 0 Å². The van der Waals surface area contributed by atoms with Gasteiger partial charge in [0.15, 0.2) is 10.3 Å². The number of nitrogens with one attached hydrogen (secondary N) is 2. The first-order chi connectivity index (χ1) is 17.6. The van der Waals surface area contributed by atoms with Gasteiger partial charge in [-0.15, -0.1) is 5.10 Å². The summed E-state index contributed by atoms with van der Waals surface area (Å²) in [5.74, 6) is 1.80. The Labute approximate surface area is 217 Å². The molecule has 11 heteroatoms. The van der Waals surface area contributed by atoms with Gasteiger partial charge in [0.1, 0.15) is 11.5 Å². The topological polar surface area (TPSA) is 109 Å². The molecule has 1 saturated heterocycles. The van der Waals surface area contributed by atoms with Crippen molar-refractivity contribution >= 4 is 40.5 Å². The molecule has 0 bridgehead atoms. The number of amides is 2. The van der Waals surface area contributed by atoms with Crippen LogP contribution in [0.1, 0.15) is 12.8 Å². The maximum atomic E-state index is 12.5. The minimum atomic E-state index is -0.267. The summed E-state index contributed by atoms with van der Waals surface area (Å²) in [6.45, 7) is 0. The number of carbonyl (C=O) groups is 2. The average Bonchev–Trinajstić information content (AvgIpc) is 3.55. The molecular weight excluding hydrogens is 498 g/mol. The lowest BCUT2D eigenvalue weighted by atomic mass is 10.0.